The molecule has 0 saturated heterocycles. The first kappa shape index (κ1) is 32.9. The fourth-order valence-electron chi connectivity index (χ4n) is 4.29. The third kappa shape index (κ3) is 8.25. The van der Waals surface area contributed by atoms with Gasteiger partial charge >= 0.3 is 6.18 Å². The van der Waals surface area contributed by atoms with Crippen molar-refractivity contribution in [3.05, 3.63) is 95.0 Å². The van der Waals surface area contributed by atoms with Gasteiger partial charge in [0.05, 0.1) is 21.2 Å². The van der Waals surface area contributed by atoms with Gasteiger partial charge in [-0.3, -0.25) is 13.9 Å². The number of anilines is 1. The second-order valence-electron chi connectivity index (χ2n) is 10.7. The van der Waals surface area contributed by atoms with Crippen molar-refractivity contribution in [2.75, 3.05) is 10.8 Å². The van der Waals surface area contributed by atoms with Crippen molar-refractivity contribution in [2.24, 2.45) is 0 Å². The first-order valence-electron chi connectivity index (χ1n) is 13.1. The molecule has 2 amide bonds. The minimum absolute atomic E-state index is 0.0383. The molecule has 0 spiro atoms. The molecule has 0 radical (unpaired) electrons. The molecule has 0 heterocycles. The zero-order chi connectivity index (χ0) is 31.3. The number of sulfonamides is 1. The molecule has 0 aliphatic carbocycles. The summed E-state index contributed by atoms with van der Waals surface area (Å²) in [7, 11) is -4.54. The highest BCUT2D eigenvalue weighted by molar-refractivity contribution is 7.92. The first-order valence-corrected chi connectivity index (χ1v) is 15.0. The Labute approximate surface area is 249 Å². The van der Waals surface area contributed by atoms with Crippen LogP contribution >= 0.6 is 11.6 Å². The molecule has 0 saturated carbocycles. The van der Waals surface area contributed by atoms with Crippen LogP contribution in [-0.4, -0.2) is 43.3 Å². The van der Waals surface area contributed by atoms with Crippen LogP contribution in [0.5, 0.6) is 0 Å². The van der Waals surface area contributed by atoms with Crippen molar-refractivity contribution in [2.45, 2.75) is 63.3 Å². The molecule has 3 aromatic carbocycles. The van der Waals surface area contributed by atoms with Crippen molar-refractivity contribution < 1.29 is 31.2 Å². The minimum Gasteiger partial charge on any atom is -0.350 e. The van der Waals surface area contributed by atoms with Gasteiger partial charge in [0.25, 0.3) is 10.0 Å². The molecule has 0 bridgehead atoms. The fraction of sp³-hybridized carbons (Fsp3) is 0.333. The third-order valence-corrected chi connectivity index (χ3v) is 8.35. The topological polar surface area (TPSA) is 86.8 Å². The van der Waals surface area contributed by atoms with Crippen LogP contribution in [0.3, 0.4) is 0 Å². The molecule has 1 atom stereocenters. The average molecular weight is 624 g/mol. The van der Waals surface area contributed by atoms with E-state index in [2.05, 4.69) is 5.32 Å². The highest BCUT2D eigenvalue weighted by Crippen LogP contribution is 2.38. The number of nitrogens with zero attached hydrogens (tertiary/aromatic N) is 2. The number of carbonyl (C=O) groups excluding carboxylic acids is 2. The van der Waals surface area contributed by atoms with Crippen LogP contribution in [0.15, 0.2) is 83.8 Å². The van der Waals surface area contributed by atoms with E-state index in [1.165, 1.54) is 29.2 Å². The van der Waals surface area contributed by atoms with Crippen LogP contribution < -0.4 is 9.62 Å². The summed E-state index contributed by atoms with van der Waals surface area (Å²) in [5.41, 5.74) is -1.60. The maximum absolute atomic E-state index is 14.0. The predicted octanol–water partition coefficient (Wildman–Crippen LogP) is 6.28. The van der Waals surface area contributed by atoms with Crippen LogP contribution in [0.1, 0.15) is 45.2 Å². The Morgan fingerprint density at radius 2 is 1.50 bits per heavy atom. The lowest BCUT2D eigenvalue weighted by molar-refractivity contribution is -0.141. The van der Waals surface area contributed by atoms with E-state index < -0.39 is 62.4 Å². The standard InChI is InChI=1S/C30H33ClF3N3O4S/c1-5-26(28(39)35-29(2,3)4)36(19-21-12-8-6-9-13-21)27(38)20-37(42(40,41)23-14-10-7-11-15-23)22-16-17-25(31)24(18-22)30(32,33)34/h6-18,26H,5,19-20H2,1-4H3,(H,35,39)/t26-/m0/s1. The summed E-state index contributed by atoms with van der Waals surface area (Å²) in [6.07, 6.45) is -4.68. The molecular formula is C30H33ClF3N3O4S. The lowest BCUT2D eigenvalue weighted by Gasteiger charge is -2.35. The van der Waals surface area contributed by atoms with E-state index in [1.807, 2.05) is 0 Å². The number of hydrogen-bond donors (Lipinski definition) is 1. The number of hydrogen-bond acceptors (Lipinski definition) is 4. The number of amides is 2. The molecule has 0 aliphatic rings. The average Bonchev–Trinajstić information content (AvgIpc) is 2.91. The van der Waals surface area contributed by atoms with Crippen molar-refractivity contribution in [3.63, 3.8) is 0 Å². The number of nitrogens with one attached hydrogen (secondary N) is 1. The Morgan fingerprint density at radius 1 is 0.929 bits per heavy atom. The van der Waals surface area contributed by atoms with E-state index in [9.17, 15) is 31.2 Å². The van der Waals surface area contributed by atoms with Gasteiger partial charge in [-0.25, -0.2) is 8.42 Å². The number of carbonyl (C=O) groups is 2. The van der Waals surface area contributed by atoms with Gasteiger partial charge in [0.15, 0.2) is 0 Å². The van der Waals surface area contributed by atoms with Gasteiger partial charge in [-0.1, -0.05) is 67.1 Å². The monoisotopic (exact) mass is 623 g/mol. The van der Waals surface area contributed by atoms with Gasteiger partial charge in [0, 0.05) is 12.1 Å². The molecule has 0 aliphatic heterocycles. The smallest absolute Gasteiger partial charge is 0.350 e. The molecule has 12 heteroatoms. The van der Waals surface area contributed by atoms with Gasteiger partial charge < -0.3 is 10.2 Å². The van der Waals surface area contributed by atoms with E-state index >= 15 is 0 Å². The highest BCUT2D eigenvalue weighted by Gasteiger charge is 2.37. The van der Waals surface area contributed by atoms with E-state index in [4.69, 9.17) is 11.6 Å². The SMILES string of the molecule is CC[C@@H](C(=O)NC(C)(C)C)N(Cc1ccccc1)C(=O)CN(c1ccc(Cl)c(C(F)(F)F)c1)S(=O)(=O)c1ccccc1. The molecule has 0 unspecified atom stereocenters. The van der Waals surface area contributed by atoms with E-state index in [1.54, 1.807) is 64.1 Å². The molecule has 3 aromatic rings. The quantitative estimate of drug-likeness (QED) is 0.288. The molecule has 42 heavy (non-hydrogen) atoms. The van der Waals surface area contributed by atoms with E-state index in [-0.39, 0.29) is 17.9 Å². The van der Waals surface area contributed by atoms with Gasteiger partial charge in [0.1, 0.15) is 12.6 Å². The van der Waals surface area contributed by atoms with Gasteiger partial charge in [0.2, 0.25) is 11.8 Å². The molecule has 0 fully saturated rings. The zero-order valence-corrected chi connectivity index (χ0v) is 25.2. The number of halogens is 4. The van der Waals surface area contributed by atoms with Crippen LogP contribution in [0.25, 0.3) is 0 Å². The summed E-state index contributed by atoms with van der Waals surface area (Å²) in [6, 6.07) is 17.5. The zero-order valence-electron chi connectivity index (χ0n) is 23.7. The normalized spacial score (nSPS) is 12.9. The van der Waals surface area contributed by atoms with Crippen LogP contribution in [0.2, 0.25) is 5.02 Å². The first-order chi connectivity index (χ1) is 19.5. The summed E-state index contributed by atoms with van der Waals surface area (Å²) in [6.45, 7) is 6.16. The summed E-state index contributed by atoms with van der Waals surface area (Å²) < 4.78 is 69.5. The van der Waals surface area contributed by atoms with Crippen molar-refractivity contribution >= 4 is 39.1 Å². The molecule has 7 nitrogen and oxygen atoms in total. The predicted molar refractivity (Wildman–Crippen MR) is 156 cm³/mol. The van der Waals surface area contributed by atoms with Crippen LogP contribution in [0.4, 0.5) is 18.9 Å². The van der Waals surface area contributed by atoms with Crippen molar-refractivity contribution in [3.8, 4) is 0 Å². The largest absolute Gasteiger partial charge is 0.417 e. The second-order valence-corrected chi connectivity index (χ2v) is 12.9. The fourth-order valence-corrected chi connectivity index (χ4v) is 5.94. The minimum atomic E-state index is -4.88. The summed E-state index contributed by atoms with van der Waals surface area (Å²) >= 11 is 5.80. The van der Waals surface area contributed by atoms with Crippen LogP contribution in [-0.2, 0) is 32.3 Å². The molecule has 1 N–H and O–H groups in total. The lowest BCUT2D eigenvalue weighted by Crippen LogP contribution is -2.55. The van der Waals surface area contributed by atoms with Crippen molar-refractivity contribution in [1.82, 2.24) is 10.2 Å². The highest BCUT2D eigenvalue weighted by atomic mass is 35.5. The second kappa shape index (κ2) is 13.2. The van der Waals surface area contributed by atoms with Gasteiger partial charge in [-0.2, -0.15) is 13.2 Å². The number of alkyl halides is 3. The van der Waals surface area contributed by atoms with Crippen LogP contribution in [0, 0.1) is 0 Å². The Morgan fingerprint density at radius 3 is 2.02 bits per heavy atom. The molecule has 226 valence electrons. The maximum Gasteiger partial charge on any atom is 0.417 e. The van der Waals surface area contributed by atoms with E-state index in [0.717, 1.165) is 12.1 Å². The number of benzene rings is 3. The maximum atomic E-state index is 14.0. The summed E-state index contributed by atoms with van der Waals surface area (Å²) in [4.78, 5) is 28.4. The summed E-state index contributed by atoms with van der Waals surface area (Å²) in [5, 5.41) is 2.24. The van der Waals surface area contributed by atoms with Crippen molar-refractivity contribution in [1.29, 1.82) is 0 Å². The summed E-state index contributed by atoms with van der Waals surface area (Å²) in [5.74, 6) is -1.23. The molecule has 0 aromatic heterocycles. The number of rotatable bonds is 10. The molecular weight excluding hydrogens is 591 g/mol. The molecule has 3 rings (SSSR count). The van der Waals surface area contributed by atoms with E-state index in [0.29, 0.717) is 15.9 Å². The Kier molecular flexibility index (Phi) is 10.3. The third-order valence-electron chi connectivity index (χ3n) is 6.23. The Hall–Kier alpha value is -3.57. The van der Waals surface area contributed by atoms with Gasteiger partial charge in [-0.15, -0.1) is 0 Å². The Bertz CT molecular complexity index is 1500. The Balaban J connectivity index is 2.14. The van der Waals surface area contributed by atoms with Gasteiger partial charge in [-0.05, 0) is 63.1 Å². The lowest BCUT2D eigenvalue weighted by atomic mass is 10.1.